The van der Waals surface area contributed by atoms with Gasteiger partial charge in [-0.3, -0.25) is 4.79 Å². The van der Waals surface area contributed by atoms with Crippen LogP contribution >= 0.6 is 23.2 Å². The number of nitrogens with zero attached hydrogens (tertiary/aromatic N) is 1. The van der Waals surface area contributed by atoms with Gasteiger partial charge in [-0.25, -0.2) is 4.98 Å². The molecular weight excluding hydrogens is 471 g/mol. The molecule has 1 unspecified atom stereocenters. The number of carbonyl (C=O) groups excluding carboxylic acids is 1. The summed E-state index contributed by atoms with van der Waals surface area (Å²) in [4.78, 5) is 17.6. The molecule has 5 nitrogen and oxygen atoms in total. The molecule has 0 fully saturated rings. The van der Waals surface area contributed by atoms with Gasteiger partial charge in [0.05, 0.1) is 16.8 Å². The molecule has 3 aromatic rings. The van der Waals surface area contributed by atoms with Crippen LogP contribution in [0.5, 0.6) is 5.88 Å². The fourth-order valence-corrected chi connectivity index (χ4v) is 4.53. The maximum absolute atomic E-state index is 12.7. The number of hydrogen-bond acceptors (Lipinski definition) is 4. The summed E-state index contributed by atoms with van der Waals surface area (Å²) >= 11 is 12.8. The molecule has 1 aromatic heterocycles. The Morgan fingerprint density at radius 1 is 1.12 bits per heavy atom. The normalized spacial score (nSPS) is 17.0. The summed E-state index contributed by atoms with van der Waals surface area (Å²) in [6.07, 6.45) is 0.522. The molecule has 0 saturated heterocycles. The Morgan fingerprint density at radius 2 is 1.79 bits per heavy atom. The molecule has 2 heterocycles. The lowest BCUT2D eigenvalue weighted by Gasteiger charge is -2.38. The number of amides is 1. The molecule has 1 amide bonds. The molecule has 34 heavy (non-hydrogen) atoms. The van der Waals surface area contributed by atoms with Crippen molar-refractivity contribution in [2.75, 3.05) is 0 Å². The second kappa shape index (κ2) is 8.88. The summed E-state index contributed by atoms with van der Waals surface area (Å²) < 4.78 is 6.26. The molecule has 0 saturated carbocycles. The minimum absolute atomic E-state index is 0.390. The maximum atomic E-state index is 12.7. The van der Waals surface area contributed by atoms with Crippen LogP contribution in [0.3, 0.4) is 0 Å². The van der Waals surface area contributed by atoms with Crippen LogP contribution < -0.4 is 10.1 Å². The number of nitrogens with one attached hydrogen (secondary N) is 1. The molecule has 4 rings (SSSR count). The van der Waals surface area contributed by atoms with Crippen LogP contribution in [0, 0.1) is 6.92 Å². The quantitative estimate of drug-likeness (QED) is 0.429. The van der Waals surface area contributed by atoms with Crippen molar-refractivity contribution in [1.29, 1.82) is 0 Å². The van der Waals surface area contributed by atoms with Gasteiger partial charge in [-0.2, -0.15) is 0 Å². The number of aromatic nitrogens is 1. The zero-order chi connectivity index (χ0) is 24.8. The van der Waals surface area contributed by atoms with Crippen LogP contribution in [0.4, 0.5) is 0 Å². The van der Waals surface area contributed by atoms with Gasteiger partial charge in [0.25, 0.3) is 5.91 Å². The van der Waals surface area contributed by atoms with E-state index in [0.29, 0.717) is 28.0 Å². The number of rotatable bonds is 4. The molecule has 7 heteroatoms. The molecule has 1 aliphatic rings. The number of fused-ring (bicyclic) bond motifs is 1. The van der Waals surface area contributed by atoms with Crippen molar-refractivity contribution in [3.63, 3.8) is 0 Å². The largest absolute Gasteiger partial charge is 0.471 e. The van der Waals surface area contributed by atoms with Crippen LogP contribution in [0.2, 0.25) is 10.0 Å². The van der Waals surface area contributed by atoms with E-state index < -0.39 is 23.2 Å². The van der Waals surface area contributed by atoms with Gasteiger partial charge >= 0.3 is 0 Å². The number of pyridine rings is 1. The van der Waals surface area contributed by atoms with Gasteiger partial charge in [-0.05, 0) is 70.0 Å². The standard InChI is InChI=1S/C27H28Cl2N2O3/c1-15-6-11-18(21(29)12-15)23-19(16-7-9-17(28)10-8-16)13-20-22(30-25(32)27(4,5)33)14-26(2,3)34-24(20)31-23/h6-13,22,33H,14H2,1-5H3,(H,30,32). The molecule has 1 aliphatic heterocycles. The fraction of sp³-hybridized carbons (Fsp3) is 0.333. The highest BCUT2D eigenvalue weighted by Gasteiger charge is 2.38. The van der Waals surface area contributed by atoms with E-state index in [2.05, 4.69) is 5.32 Å². The van der Waals surface area contributed by atoms with Crippen LogP contribution in [0.25, 0.3) is 22.4 Å². The molecule has 2 N–H and O–H groups in total. The first-order valence-electron chi connectivity index (χ1n) is 11.1. The van der Waals surface area contributed by atoms with Crippen molar-refractivity contribution in [3.8, 4) is 28.3 Å². The van der Waals surface area contributed by atoms with Gasteiger partial charge in [0, 0.05) is 28.1 Å². The van der Waals surface area contributed by atoms with Crippen molar-refractivity contribution in [2.24, 2.45) is 0 Å². The number of aryl methyl sites for hydroxylation is 1. The molecule has 2 aromatic carbocycles. The zero-order valence-electron chi connectivity index (χ0n) is 19.9. The number of hydrogen-bond donors (Lipinski definition) is 2. The predicted octanol–water partition coefficient (Wildman–Crippen LogP) is 6.52. The van der Waals surface area contributed by atoms with E-state index >= 15 is 0 Å². The Hall–Kier alpha value is -2.60. The summed E-state index contributed by atoms with van der Waals surface area (Å²) in [7, 11) is 0. The lowest BCUT2D eigenvalue weighted by molar-refractivity contribution is -0.137. The van der Waals surface area contributed by atoms with Crippen LogP contribution in [-0.2, 0) is 4.79 Å². The Morgan fingerprint density at radius 3 is 2.41 bits per heavy atom. The highest BCUT2D eigenvalue weighted by atomic mass is 35.5. The van der Waals surface area contributed by atoms with E-state index in [0.717, 1.165) is 27.8 Å². The van der Waals surface area contributed by atoms with Gasteiger partial charge in [-0.15, -0.1) is 0 Å². The van der Waals surface area contributed by atoms with Gasteiger partial charge in [-0.1, -0.05) is 47.5 Å². The van der Waals surface area contributed by atoms with Gasteiger partial charge in [0.15, 0.2) is 0 Å². The van der Waals surface area contributed by atoms with Crippen LogP contribution in [-0.4, -0.2) is 27.2 Å². The van der Waals surface area contributed by atoms with Crippen molar-refractivity contribution in [2.45, 2.75) is 58.3 Å². The summed E-state index contributed by atoms with van der Waals surface area (Å²) in [5.41, 5.74) is 2.91. The minimum atomic E-state index is -1.51. The Labute approximate surface area is 210 Å². The number of carbonyl (C=O) groups is 1. The number of benzene rings is 2. The minimum Gasteiger partial charge on any atom is -0.471 e. The van der Waals surface area contributed by atoms with Crippen molar-refractivity contribution in [3.05, 3.63) is 69.7 Å². The smallest absolute Gasteiger partial charge is 0.251 e. The molecule has 0 spiro atoms. The molecule has 178 valence electrons. The van der Waals surface area contributed by atoms with E-state index in [4.69, 9.17) is 32.9 Å². The summed E-state index contributed by atoms with van der Waals surface area (Å²) in [6, 6.07) is 14.9. The third-order valence-electron chi connectivity index (χ3n) is 5.86. The molecular formula is C27H28Cl2N2O3. The predicted molar refractivity (Wildman–Crippen MR) is 136 cm³/mol. The highest BCUT2D eigenvalue weighted by Crippen LogP contribution is 2.44. The summed E-state index contributed by atoms with van der Waals surface area (Å²) in [5.74, 6) is -0.0264. The molecule has 0 radical (unpaired) electrons. The van der Waals surface area contributed by atoms with Gasteiger partial charge in [0.2, 0.25) is 5.88 Å². The van der Waals surface area contributed by atoms with Crippen molar-refractivity contribution >= 4 is 29.1 Å². The van der Waals surface area contributed by atoms with Gasteiger partial charge < -0.3 is 15.2 Å². The Balaban J connectivity index is 1.93. The molecule has 0 aliphatic carbocycles. The second-order valence-electron chi connectivity index (χ2n) is 9.92. The lowest BCUT2D eigenvalue weighted by Crippen LogP contribution is -2.47. The number of aliphatic hydroxyl groups is 1. The average molecular weight is 499 g/mol. The average Bonchev–Trinajstić information content (AvgIpc) is 2.72. The first kappa shape index (κ1) is 24.5. The van der Waals surface area contributed by atoms with Crippen molar-refractivity contribution in [1.82, 2.24) is 10.3 Å². The van der Waals surface area contributed by atoms with Gasteiger partial charge in [0.1, 0.15) is 11.2 Å². The van der Waals surface area contributed by atoms with Crippen LogP contribution in [0.15, 0.2) is 48.5 Å². The third-order valence-corrected chi connectivity index (χ3v) is 6.42. The zero-order valence-corrected chi connectivity index (χ0v) is 21.4. The topological polar surface area (TPSA) is 71.5 Å². The fourth-order valence-electron chi connectivity index (χ4n) is 4.08. The first-order chi connectivity index (χ1) is 15.8. The van der Waals surface area contributed by atoms with Crippen LogP contribution in [0.1, 0.15) is 51.3 Å². The highest BCUT2D eigenvalue weighted by molar-refractivity contribution is 6.33. The first-order valence-corrected chi connectivity index (χ1v) is 11.9. The van der Waals surface area contributed by atoms with E-state index in [9.17, 15) is 9.90 Å². The number of ether oxygens (including phenoxy) is 1. The summed E-state index contributed by atoms with van der Waals surface area (Å²) in [6.45, 7) is 8.82. The Bertz CT molecular complexity index is 1250. The van der Waals surface area contributed by atoms with E-state index in [-0.39, 0.29) is 0 Å². The van der Waals surface area contributed by atoms with E-state index in [1.165, 1.54) is 13.8 Å². The molecule has 1 atom stereocenters. The van der Waals surface area contributed by atoms with E-state index in [1.54, 1.807) is 0 Å². The summed E-state index contributed by atoms with van der Waals surface area (Å²) in [5, 5.41) is 14.4. The second-order valence-corrected chi connectivity index (χ2v) is 10.8. The Kier molecular flexibility index (Phi) is 6.40. The van der Waals surface area contributed by atoms with E-state index in [1.807, 2.05) is 69.3 Å². The SMILES string of the molecule is Cc1ccc(-c2nc3c(cc2-c2ccc(Cl)cc2)C(NC(=O)C(C)(C)O)CC(C)(C)O3)c(Cl)c1. The maximum Gasteiger partial charge on any atom is 0.251 e. The number of halogens is 2. The lowest BCUT2D eigenvalue weighted by atomic mass is 9.88. The monoisotopic (exact) mass is 498 g/mol. The van der Waals surface area contributed by atoms with Crippen molar-refractivity contribution < 1.29 is 14.6 Å². The third kappa shape index (κ3) is 5.07. The molecule has 0 bridgehead atoms.